The van der Waals surface area contributed by atoms with Gasteiger partial charge < -0.3 is 10.6 Å². The summed E-state index contributed by atoms with van der Waals surface area (Å²) in [6.45, 7) is 1.66. The Hall–Kier alpha value is -1.49. The summed E-state index contributed by atoms with van der Waals surface area (Å²) in [4.78, 5) is 18.7. The van der Waals surface area contributed by atoms with Crippen LogP contribution in [0.2, 0.25) is 0 Å². The van der Waals surface area contributed by atoms with Crippen molar-refractivity contribution in [1.82, 2.24) is 9.88 Å². The molecule has 1 aliphatic rings. The summed E-state index contributed by atoms with van der Waals surface area (Å²) in [5, 5.41) is 0. The molecular weight excluding hydrogens is 258 g/mol. The third-order valence-corrected chi connectivity index (χ3v) is 3.65. The van der Waals surface area contributed by atoms with Gasteiger partial charge in [-0.3, -0.25) is 9.78 Å². The number of rotatable bonds is 2. The fraction of sp³-hybridized carbons (Fsp3) is 0.500. The van der Waals surface area contributed by atoms with Crippen LogP contribution in [-0.2, 0) is 0 Å². The summed E-state index contributed by atoms with van der Waals surface area (Å²) in [6, 6.07) is 3.46. The Morgan fingerprint density at radius 1 is 1.16 bits per heavy atom. The number of carbonyl (C=O) groups is 1. The molecule has 0 atom stereocenters. The topological polar surface area (TPSA) is 59.2 Å². The second-order valence-corrected chi connectivity index (χ2v) is 5.30. The van der Waals surface area contributed by atoms with Gasteiger partial charge in [-0.15, -0.1) is 0 Å². The number of aromatic nitrogens is 1. The minimum Gasteiger partial charge on any atom is -0.389 e. The normalized spacial score (nSPS) is 16.5. The van der Waals surface area contributed by atoms with Crippen LogP contribution in [0.25, 0.3) is 0 Å². The lowest BCUT2D eigenvalue weighted by molar-refractivity contribution is 0.0736. The van der Waals surface area contributed by atoms with Gasteiger partial charge in [0.1, 0.15) is 10.7 Å². The second-order valence-electron chi connectivity index (χ2n) is 4.86. The molecule has 1 amide bonds. The van der Waals surface area contributed by atoms with Gasteiger partial charge in [0.25, 0.3) is 5.91 Å². The summed E-state index contributed by atoms with van der Waals surface area (Å²) in [6.07, 6.45) is 7.42. The minimum atomic E-state index is 0.0105. The van der Waals surface area contributed by atoms with E-state index in [2.05, 4.69) is 4.98 Å². The quantitative estimate of drug-likeness (QED) is 0.841. The number of nitrogens with two attached hydrogens (primary N) is 1. The molecule has 2 rings (SSSR count). The standard InChI is InChI=1S/C14H19N3OS/c15-13(19)11-6-7-12(16-10-11)14(18)17-8-4-2-1-3-5-9-17/h6-7,10H,1-5,8-9H2,(H2,15,19). The van der Waals surface area contributed by atoms with Crippen molar-refractivity contribution in [2.45, 2.75) is 32.1 Å². The van der Waals surface area contributed by atoms with Gasteiger partial charge in [0.2, 0.25) is 0 Å². The van der Waals surface area contributed by atoms with E-state index in [-0.39, 0.29) is 5.91 Å². The summed E-state index contributed by atoms with van der Waals surface area (Å²) in [7, 11) is 0. The first-order chi connectivity index (χ1) is 9.18. The summed E-state index contributed by atoms with van der Waals surface area (Å²) < 4.78 is 0. The number of hydrogen-bond donors (Lipinski definition) is 1. The highest BCUT2D eigenvalue weighted by molar-refractivity contribution is 7.80. The predicted molar refractivity (Wildman–Crippen MR) is 79.1 cm³/mol. The first kappa shape index (κ1) is 13.9. The molecule has 1 saturated heterocycles. The van der Waals surface area contributed by atoms with E-state index in [9.17, 15) is 4.79 Å². The molecule has 2 heterocycles. The van der Waals surface area contributed by atoms with Gasteiger partial charge in [0.15, 0.2) is 0 Å². The van der Waals surface area contributed by atoms with Crippen molar-refractivity contribution in [1.29, 1.82) is 0 Å². The van der Waals surface area contributed by atoms with Crippen LogP contribution in [0.1, 0.15) is 48.2 Å². The zero-order valence-corrected chi connectivity index (χ0v) is 11.8. The zero-order chi connectivity index (χ0) is 13.7. The Labute approximate surface area is 119 Å². The smallest absolute Gasteiger partial charge is 0.272 e. The van der Waals surface area contributed by atoms with Crippen LogP contribution < -0.4 is 5.73 Å². The fourth-order valence-electron chi connectivity index (χ4n) is 2.28. The highest BCUT2D eigenvalue weighted by Crippen LogP contribution is 2.13. The van der Waals surface area contributed by atoms with E-state index in [0.29, 0.717) is 16.2 Å². The van der Waals surface area contributed by atoms with Crippen molar-refractivity contribution >= 4 is 23.1 Å². The van der Waals surface area contributed by atoms with Crippen molar-refractivity contribution in [2.24, 2.45) is 5.73 Å². The highest BCUT2D eigenvalue weighted by atomic mass is 32.1. The molecule has 0 saturated carbocycles. The third-order valence-electron chi connectivity index (χ3n) is 3.41. The van der Waals surface area contributed by atoms with Crippen molar-refractivity contribution in [3.63, 3.8) is 0 Å². The lowest BCUT2D eigenvalue weighted by Crippen LogP contribution is -2.34. The summed E-state index contributed by atoms with van der Waals surface area (Å²) in [5.41, 5.74) is 6.68. The van der Waals surface area contributed by atoms with Crippen LogP contribution in [0.3, 0.4) is 0 Å². The average molecular weight is 277 g/mol. The van der Waals surface area contributed by atoms with Gasteiger partial charge in [0, 0.05) is 24.8 Å². The average Bonchev–Trinajstić information content (AvgIpc) is 2.38. The van der Waals surface area contributed by atoms with Crippen LogP contribution in [0.15, 0.2) is 18.3 Å². The third kappa shape index (κ3) is 3.73. The molecule has 0 radical (unpaired) electrons. The monoisotopic (exact) mass is 277 g/mol. The van der Waals surface area contributed by atoms with Crippen molar-refractivity contribution in [3.05, 3.63) is 29.6 Å². The molecule has 2 N–H and O–H groups in total. The highest BCUT2D eigenvalue weighted by Gasteiger charge is 2.17. The molecule has 0 spiro atoms. The second kappa shape index (κ2) is 6.61. The maximum Gasteiger partial charge on any atom is 0.272 e. The van der Waals surface area contributed by atoms with Gasteiger partial charge >= 0.3 is 0 Å². The van der Waals surface area contributed by atoms with Crippen LogP contribution in [0.4, 0.5) is 0 Å². The Bertz CT molecular complexity index is 450. The van der Waals surface area contributed by atoms with Crippen molar-refractivity contribution in [3.8, 4) is 0 Å². The number of amides is 1. The molecule has 0 unspecified atom stereocenters. The van der Waals surface area contributed by atoms with Crippen molar-refractivity contribution < 1.29 is 4.79 Å². The first-order valence-electron chi connectivity index (χ1n) is 6.73. The summed E-state index contributed by atoms with van der Waals surface area (Å²) >= 11 is 4.87. The lowest BCUT2D eigenvalue weighted by Gasteiger charge is -2.24. The zero-order valence-electron chi connectivity index (χ0n) is 11.0. The molecule has 102 valence electrons. The molecule has 1 fully saturated rings. The molecule has 0 aromatic carbocycles. The first-order valence-corrected chi connectivity index (χ1v) is 7.14. The van der Waals surface area contributed by atoms with Crippen LogP contribution >= 0.6 is 12.2 Å². The maximum absolute atomic E-state index is 12.3. The van der Waals surface area contributed by atoms with Crippen molar-refractivity contribution in [2.75, 3.05) is 13.1 Å². The number of thiocarbonyl (C=S) groups is 1. The van der Waals surface area contributed by atoms with E-state index in [1.54, 1.807) is 18.3 Å². The number of carbonyl (C=O) groups excluding carboxylic acids is 1. The fourth-order valence-corrected chi connectivity index (χ4v) is 2.40. The Morgan fingerprint density at radius 3 is 2.32 bits per heavy atom. The molecule has 0 aliphatic carbocycles. The number of nitrogens with zero attached hydrogens (tertiary/aromatic N) is 2. The maximum atomic E-state index is 12.3. The van der Waals surface area contributed by atoms with E-state index in [0.717, 1.165) is 25.9 Å². The molecule has 19 heavy (non-hydrogen) atoms. The molecular formula is C14H19N3OS. The largest absolute Gasteiger partial charge is 0.389 e. The molecule has 1 aliphatic heterocycles. The van der Waals surface area contributed by atoms with Gasteiger partial charge in [-0.05, 0) is 25.0 Å². The number of hydrogen-bond acceptors (Lipinski definition) is 3. The molecule has 1 aromatic heterocycles. The van der Waals surface area contributed by atoms with E-state index in [1.807, 2.05) is 4.90 Å². The van der Waals surface area contributed by atoms with E-state index < -0.39 is 0 Å². The molecule has 0 bridgehead atoms. The molecule has 5 heteroatoms. The minimum absolute atomic E-state index is 0.0105. The predicted octanol–water partition coefficient (Wildman–Crippen LogP) is 2.12. The summed E-state index contributed by atoms with van der Waals surface area (Å²) in [5.74, 6) is 0.0105. The van der Waals surface area contributed by atoms with Crippen LogP contribution in [-0.4, -0.2) is 33.9 Å². The van der Waals surface area contributed by atoms with Gasteiger partial charge in [-0.25, -0.2) is 0 Å². The molecule has 4 nitrogen and oxygen atoms in total. The Morgan fingerprint density at radius 2 is 1.79 bits per heavy atom. The van der Waals surface area contributed by atoms with Crippen LogP contribution in [0, 0.1) is 0 Å². The SMILES string of the molecule is NC(=S)c1ccc(C(=O)N2CCCCCCC2)nc1. The van der Waals surface area contributed by atoms with E-state index in [1.165, 1.54) is 19.3 Å². The van der Waals surface area contributed by atoms with Crippen LogP contribution in [0.5, 0.6) is 0 Å². The van der Waals surface area contributed by atoms with Gasteiger partial charge in [-0.2, -0.15) is 0 Å². The lowest BCUT2D eigenvalue weighted by atomic mass is 10.1. The van der Waals surface area contributed by atoms with E-state index in [4.69, 9.17) is 18.0 Å². The Balaban J connectivity index is 2.06. The molecule has 1 aromatic rings. The number of pyridine rings is 1. The Kier molecular flexibility index (Phi) is 4.85. The van der Waals surface area contributed by atoms with E-state index >= 15 is 0 Å². The van der Waals surface area contributed by atoms with Gasteiger partial charge in [-0.1, -0.05) is 31.5 Å². The number of likely N-dealkylation sites (tertiary alicyclic amines) is 1. The van der Waals surface area contributed by atoms with Gasteiger partial charge in [0.05, 0.1) is 0 Å².